The molecular weight excluding hydrogens is 240 g/mol. The van der Waals surface area contributed by atoms with Gasteiger partial charge in [-0.05, 0) is 18.4 Å². The Morgan fingerprint density at radius 1 is 1.26 bits per heavy atom. The molecule has 0 spiro atoms. The molecule has 3 amide bonds. The van der Waals surface area contributed by atoms with E-state index < -0.39 is 0 Å². The zero-order valence-electron chi connectivity index (χ0n) is 11.5. The molecule has 1 aromatic rings. The topological polar surface area (TPSA) is 49.4 Å². The van der Waals surface area contributed by atoms with E-state index in [9.17, 15) is 9.59 Å². The summed E-state index contributed by atoms with van der Waals surface area (Å²) in [6, 6.07) is 9.39. The predicted molar refractivity (Wildman–Crippen MR) is 73.4 cm³/mol. The second-order valence-corrected chi connectivity index (χ2v) is 5.02. The van der Waals surface area contributed by atoms with Gasteiger partial charge in [0.1, 0.15) is 0 Å². The normalized spacial score (nSPS) is 16.9. The number of likely N-dealkylation sites (tertiary alicyclic amines) is 1. The van der Waals surface area contributed by atoms with Crippen molar-refractivity contribution in [3.8, 4) is 0 Å². The zero-order chi connectivity index (χ0) is 13.9. The molecule has 0 unspecified atom stereocenters. The maximum absolute atomic E-state index is 12.1. The van der Waals surface area contributed by atoms with Crippen molar-refractivity contribution in [1.82, 2.24) is 10.2 Å². The summed E-state index contributed by atoms with van der Waals surface area (Å²) < 4.78 is 0. The van der Waals surface area contributed by atoms with Gasteiger partial charge in [0, 0.05) is 13.1 Å². The molecule has 4 nitrogen and oxygen atoms in total. The van der Waals surface area contributed by atoms with Crippen LogP contribution in [0.4, 0.5) is 4.79 Å². The maximum atomic E-state index is 12.1. The standard InChI is InChI=1S/C15H20N2O2/c1-3-15(4-2)11-17(13(15)18)14(19)16-10-12-8-6-5-7-9-12/h5-9H,3-4,10-11H2,1-2H3,(H,16,19). The second-order valence-electron chi connectivity index (χ2n) is 5.02. The van der Waals surface area contributed by atoms with Crippen LogP contribution in [-0.4, -0.2) is 23.4 Å². The van der Waals surface area contributed by atoms with Crippen LogP contribution in [0.2, 0.25) is 0 Å². The predicted octanol–water partition coefficient (Wildman–Crippen LogP) is 2.54. The van der Waals surface area contributed by atoms with Crippen LogP contribution < -0.4 is 5.32 Å². The molecule has 1 heterocycles. The Hall–Kier alpha value is -1.84. The van der Waals surface area contributed by atoms with Crippen LogP contribution in [0.25, 0.3) is 0 Å². The first-order valence-corrected chi connectivity index (χ1v) is 6.76. The largest absolute Gasteiger partial charge is 0.334 e. The Balaban J connectivity index is 1.88. The van der Waals surface area contributed by atoms with Crippen LogP contribution in [0.5, 0.6) is 0 Å². The minimum absolute atomic E-state index is 0.0388. The van der Waals surface area contributed by atoms with Crippen LogP contribution in [0.15, 0.2) is 30.3 Å². The lowest BCUT2D eigenvalue weighted by molar-refractivity contribution is -0.155. The Morgan fingerprint density at radius 3 is 2.42 bits per heavy atom. The summed E-state index contributed by atoms with van der Waals surface area (Å²) in [4.78, 5) is 25.3. The number of hydrogen-bond donors (Lipinski definition) is 1. The van der Waals surface area contributed by atoms with Crippen LogP contribution in [0.3, 0.4) is 0 Å². The zero-order valence-corrected chi connectivity index (χ0v) is 11.5. The minimum Gasteiger partial charge on any atom is -0.334 e. The molecule has 0 aromatic heterocycles. The number of amides is 3. The van der Waals surface area contributed by atoms with Crippen molar-refractivity contribution < 1.29 is 9.59 Å². The maximum Gasteiger partial charge on any atom is 0.324 e. The average molecular weight is 260 g/mol. The highest BCUT2D eigenvalue weighted by Gasteiger charge is 2.51. The molecule has 2 rings (SSSR count). The number of hydrogen-bond acceptors (Lipinski definition) is 2. The van der Waals surface area contributed by atoms with E-state index in [1.165, 1.54) is 4.90 Å². The summed E-state index contributed by atoms with van der Waals surface area (Å²) in [6.07, 6.45) is 1.59. The summed E-state index contributed by atoms with van der Waals surface area (Å²) in [5.41, 5.74) is 0.727. The van der Waals surface area contributed by atoms with Gasteiger partial charge in [0.2, 0.25) is 5.91 Å². The number of nitrogens with zero attached hydrogens (tertiary/aromatic N) is 1. The Bertz CT molecular complexity index is 466. The summed E-state index contributed by atoms with van der Waals surface area (Å²) in [5.74, 6) is -0.0388. The average Bonchev–Trinajstić information content (AvgIpc) is 2.46. The third-order valence-electron chi connectivity index (χ3n) is 4.04. The second kappa shape index (κ2) is 5.43. The van der Waals surface area contributed by atoms with Crippen LogP contribution >= 0.6 is 0 Å². The molecular formula is C15H20N2O2. The van der Waals surface area contributed by atoms with Gasteiger partial charge in [-0.1, -0.05) is 44.2 Å². The SMILES string of the molecule is CCC1(CC)CN(C(=O)NCc2ccccc2)C1=O. The Labute approximate surface area is 113 Å². The first kappa shape index (κ1) is 13.6. The highest BCUT2D eigenvalue weighted by molar-refractivity contribution is 6.02. The van der Waals surface area contributed by atoms with Gasteiger partial charge in [0.15, 0.2) is 0 Å². The quantitative estimate of drug-likeness (QED) is 0.846. The first-order chi connectivity index (χ1) is 9.13. The van der Waals surface area contributed by atoms with E-state index in [4.69, 9.17) is 0 Å². The molecule has 1 aromatic carbocycles. The fourth-order valence-corrected chi connectivity index (χ4v) is 2.45. The summed E-state index contributed by atoms with van der Waals surface area (Å²) in [6.45, 7) is 5.00. The molecule has 1 fully saturated rings. The van der Waals surface area contributed by atoms with Gasteiger partial charge < -0.3 is 5.32 Å². The van der Waals surface area contributed by atoms with E-state index in [2.05, 4.69) is 5.32 Å². The lowest BCUT2D eigenvalue weighted by Gasteiger charge is -2.46. The van der Waals surface area contributed by atoms with Gasteiger partial charge in [-0.2, -0.15) is 0 Å². The highest BCUT2D eigenvalue weighted by atomic mass is 16.2. The lowest BCUT2D eigenvalue weighted by atomic mass is 9.74. The number of β-lactam (4-membered cyclic amide) rings is 1. The molecule has 0 bridgehead atoms. The van der Waals surface area contributed by atoms with Crippen molar-refractivity contribution in [1.29, 1.82) is 0 Å². The van der Waals surface area contributed by atoms with E-state index >= 15 is 0 Å². The molecule has 1 aliphatic rings. The van der Waals surface area contributed by atoms with Gasteiger partial charge >= 0.3 is 6.03 Å². The van der Waals surface area contributed by atoms with Crippen LogP contribution in [0.1, 0.15) is 32.3 Å². The molecule has 1 N–H and O–H groups in total. The number of rotatable bonds is 4. The van der Waals surface area contributed by atoms with Gasteiger partial charge in [0.05, 0.1) is 5.41 Å². The van der Waals surface area contributed by atoms with Crippen LogP contribution in [0, 0.1) is 5.41 Å². The van der Waals surface area contributed by atoms with Crippen molar-refractivity contribution in [3.05, 3.63) is 35.9 Å². The van der Waals surface area contributed by atoms with Crippen molar-refractivity contribution >= 4 is 11.9 Å². The fourth-order valence-electron chi connectivity index (χ4n) is 2.45. The molecule has 0 atom stereocenters. The van der Waals surface area contributed by atoms with Gasteiger partial charge in [-0.3, -0.25) is 9.69 Å². The van der Waals surface area contributed by atoms with E-state index in [0.717, 1.165) is 18.4 Å². The monoisotopic (exact) mass is 260 g/mol. The third kappa shape index (κ3) is 2.48. The van der Waals surface area contributed by atoms with Gasteiger partial charge in [-0.25, -0.2) is 4.79 Å². The van der Waals surface area contributed by atoms with Crippen molar-refractivity contribution in [2.75, 3.05) is 6.54 Å². The summed E-state index contributed by atoms with van der Waals surface area (Å²) in [7, 11) is 0. The number of carbonyl (C=O) groups is 2. The Morgan fingerprint density at radius 2 is 1.89 bits per heavy atom. The highest BCUT2D eigenvalue weighted by Crippen LogP contribution is 2.38. The smallest absolute Gasteiger partial charge is 0.324 e. The van der Waals surface area contributed by atoms with Crippen molar-refractivity contribution in [2.24, 2.45) is 5.41 Å². The molecule has 1 aliphatic heterocycles. The van der Waals surface area contributed by atoms with E-state index in [1.54, 1.807) is 0 Å². The van der Waals surface area contributed by atoms with Gasteiger partial charge in [0.25, 0.3) is 0 Å². The number of imide groups is 1. The van der Waals surface area contributed by atoms with E-state index in [0.29, 0.717) is 13.1 Å². The molecule has 0 radical (unpaired) electrons. The first-order valence-electron chi connectivity index (χ1n) is 6.76. The molecule has 0 aliphatic carbocycles. The van der Waals surface area contributed by atoms with E-state index in [-0.39, 0.29) is 17.4 Å². The van der Waals surface area contributed by atoms with Gasteiger partial charge in [-0.15, -0.1) is 0 Å². The van der Waals surface area contributed by atoms with E-state index in [1.807, 2.05) is 44.2 Å². The number of nitrogens with one attached hydrogen (secondary N) is 1. The van der Waals surface area contributed by atoms with Crippen molar-refractivity contribution in [2.45, 2.75) is 33.2 Å². The Kier molecular flexibility index (Phi) is 3.88. The summed E-state index contributed by atoms with van der Waals surface area (Å²) in [5, 5.41) is 2.78. The lowest BCUT2D eigenvalue weighted by Crippen LogP contribution is -2.64. The number of urea groups is 1. The number of benzene rings is 1. The third-order valence-corrected chi connectivity index (χ3v) is 4.04. The molecule has 4 heteroatoms. The molecule has 102 valence electrons. The molecule has 0 saturated carbocycles. The minimum atomic E-state index is -0.302. The number of carbonyl (C=O) groups excluding carboxylic acids is 2. The van der Waals surface area contributed by atoms with Crippen LogP contribution in [-0.2, 0) is 11.3 Å². The molecule has 1 saturated heterocycles. The van der Waals surface area contributed by atoms with Crippen molar-refractivity contribution in [3.63, 3.8) is 0 Å². The molecule has 19 heavy (non-hydrogen) atoms. The fraction of sp³-hybridized carbons (Fsp3) is 0.467. The summed E-state index contributed by atoms with van der Waals surface area (Å²) >= 11 is 0.